The molecule has 1 N–H and O–H groups in total. The summed E-state index contributed by atoms with van der Waals surface area (Å²) in [4.78, 5) is 0. The monoisotopic (exact) mass is 277 g/mol. The number of anilines is 1. The second-order valence-corrected chi connectivity index (χ2v) is 4.72. The summed E-state index contributed by atoms with van der Waals surface area (Å²) >= 11 is 11.8. The number of nitrogens with one attached hydrogen (secondary N) is 1. The van der Waals surface area contributed by atoms with Gasteiger partial charge in [0.25, 0.3) is 0 Å². The summed E-state index contributed by atoms with van der Waals surface area (Å²) in [6.07, 6.45) is 4.13. The van der Waals surface area contributed by atoms with Gasteiger partial charge < -0.3 is 5.32 Å². The van der Waals surface area contributed by atoms with E-state index in [-0.39, 0.29) is 0 Å². The molecule has 0 saturated carbocycles. The van der Waals surface area contributed by atoms with Gasteiger partial charge in [0.15, 0.2) is 0 Å². The molecule has 0 amide bonds. The van der Waals surface area contributed by atoms with Crippen LogP contribution in [-0.2, 0) is 0 Å². The third-order valence-corrected chi connectivity index (χ3v) is 2.83. The van der Waals surface area contributed by atoms with Crippen LogP contribution in [0.2, 0.25) is 10.0 Å². The Labute approximate surface area is 117 Å². The van der Waals surface area contributed by atoms with E-state index in [0.717, 1.165) is 12.2 Å². The molecule has 0 heterocycles. The average Bonchev–Trinajstić information content (AvgIpc) is 2.35. The Morgan fingerprint density at radius 3 is 2.28 bits per heavy atom. The predicted molar refractivity (Wildman–Crippen MR) is 80.4 cm³/mol. The van der Waals surface area contributed by atoms with Gasteiger partial charge in [-0.15, -0.1) is 0 Å². The molecule has 2 aromatic carbocycles. The molecule has 2 rings (SSSR count). The molecule has 0 atom stereocenters. The maximum Gasteiger partial charge on any atom is 0.0441 e. The zero-order chi connectivity index (χ0) is 12.8. The van der Waals surface area contributed by atoms with Gasteiger partial charge in [0, 0.05) is 22.3 Å². The Morgan fingerprint density at radius 1 is 0.944 bits per heavy atom. The van der Waals surface area contributed by atoms with E-state index >= 15 is 0 Å². The maximum absolute atomic E-state index is 5.92. The highest BCUT2D eigenvalue weighted by Gasteiger charge is 1.96. The minimum absolute atomic E-state index is 0.636. The summed E-state index contributed by atoms with van der Waals surface area (Å²) in [6.45, 7) is 0.728. The SMILES string of the molecule is Clc1cc(Cl)cc(NC/C=C/c2ccccc2)c1. The van der Waals surface area contributed by atoms with Crippen LogP contribution in [0.15, 0.2) is 54.6 Å². The van der Waals surface area contributed by atoms with Gasteiger partial charge in [-0.05, 0) is 23.8 Å². The Bertz CT molecular complexity index is 515. The first-order valence-electron chi connectivity index (χ1n) is 5.65. The normalized spacial score (nSPS) is 10.8. The number of halogens is 2. The van der Waals surface area contributed by atoms with Crippen molar-refractivity contribution < 1.29 is 0 Å². The van der Waals surface area contributed by atoms with Crippen LogP contribution in [0, 0.1) is 0 Å². The van der Waals surface area contributed by atoms with Crippen molar-refractivity contribution in [2.24, 2.45) is 0 Å². The van der Waals surface area contributed by atoms with E-state index in [9.17, 15) is 0 Å². The fourth-order valence-electron chi connectivity index (χ4n) is 1.59. The molecule has 92 valence electrons. The van der Waals surface area contributed by atoms with Gasteiger partial charge in [-0.3, -0.25) is 0 Å². The van der Waals surface area contributed by atoms with Crippen molar-refractivity contribution in [2.45, 2.75) is 0 Å². The molecule has 18 heavy (non-hydrogen) atoms. The van der Waals surface area contributed by atoms with Crippen LogP contribution in [-0.4, -0.2) is 6.54 Å². The highest BCUT2D eigenvalue weighted by atomic mass is 35.5. The first kappa shape index (κ1) is 13.0. The lowest BCUT2D eigenvalue weighted by molar-refractivity contribution is 1.34. The van der Waals surface area contributed by atoms with E-state index in [1.54, 1.807) is 6.07 Å². The average molecular weight is 278 g/mol. The molecular weight excluding hydrogens is 265 g/mol. The van der Waals surface area contributed by atoms with E-state index < -0.39 is 0 Å². The van der Waals surface area contributed by atoms with Crippen molar-refractivity contribution in [1.82, 2.24) is 0 Å². The highest BCUT2D eigenvalue weighted by molar-refractivity contribution is 6.35. The van der Waals surface area contributed by atoms with Crippen molar-refractivity contribution in [3.8, 4) is 0 Å². The van der Waals surface area contributed by atoms with Crippen LogP contribution in [0.1, 0.15) is 5.56 Å². The third kappa shape index (κ3) is 4.10. The predicted octanol–water partition coefficient (Wildman–Crippen LogP) is 5.12. The summed E-state index contributed by atoms with van der Waals surface area (Å²) in [7, 11) is 0. The third-order valence-electron chi connectivity index (χ3n) is 2.40. The summed E-state index contributed by atoms with van der Waals surface area (Å²) in [6, 6.07) is 15.6. The second kappa shape index (κ2) is 6.48. The van der Waals surface area contributed by atoms with Gasteiger partial charge >= 0.3 is 0 Å². The van der Waals surface area contributed by atoms with Crippen LogP contribution in [0.5, 0.6) is 0 Å². The quantitative estimate of drug-likeness (QED) is 0.818. The van der Waals surface area contributed by atoms with Crippen LogP contribution in [0.4, 0.5) is 5.69 Å². The summed E-state index contributed by atoms with van der Waals surface area (Å²) in [5.41, 5.74) is 2.11. The van der Waals surface area contributed by atoms with Crippen molar-refractivity contribution in [1.29, 1.82) is 0 Å². The van der Waals surface area contributed by atoms with Gasteiger partial charge in [0.1, 0.15) is 0 Å². The Morgan fingerprint density at radius 2 is 1.61 bits per heavy atom. The first-order valence-corrected chi connectivity index (χ1v) is 6.41. The molecule has 0 aliphatic rings. The van der Waals surface area contributed by atoms with Crippen molar-refractivity contribution in [2.75, 3.05) is 11.9 Å². The Balaban J connectivity index is 1.90. The molecule has 0 spiro atoms. The van der Waals surface area contributed by atoms with E-state index in [0.29, 0.717) is 10.0 Å². The topological polar surface area (TPSA) is 12.0 Å². The van der Waals surface area contributed by atoms with E-state index in [1.165, 1.54) is 5.56 Å². The fraction of sp³-hybridized carbons (Fsp3) is 0.0667. The van der Waals surface area contributed by atoms with Gasteiger partial charge in [-0.2, -0.15) is 0 Å². The molecule has 0 unspecified atom stereocenters. The lowest BCUT2D eigenvalue weighted by Gasteiger charge is -2.04. The summed E-state index contributed by atoms with van der Waals surface area (Å²) < 4.78 is 0. The van der Waals surface area contributed by atoms with Gasteiger partial charge in [0.05, 0.1) is 0 Å². The summed E-state index contributed by atoms with van der Waals surface area (Å²) in [5, 5.41) is 4.51. The standard InChI is InChI=1S/C15H13Cl2N/c16-13-9-14(17)11-15(10-13)18-8-4-7-12-5-2-1-3-6-12/h1-7,9-11,18H,8H2/b7-4+. The number of hydrogen-bond acceptors (Lipinski definition) is 1. The molecule has 2 aromatic rings. The van der Waals surface area contributed by atoms with E-state index in [2.05, 4.69) is 29.6 Å². The van der Waals surface area contributed by atoms with Crippen LogP contribution in [0.3, 0.4) is 0 Å². The smallest absolute Gasteiger partial charge is 0.0441 e. The molecule has 0 saturated heterocycles. The zero-order valence-electron chi connectivity index (χ0n) is 9.74. The second-order valence-electron chi connectivity index (χ2n) is 3.85. The molecule has 0 fully saturated rings. The molecule has 0 radical (unpaired) electrons. The molecule has 1 nitrogen and oxygen atoms in total. The van der Waals surface area contributed by atoms with Gasteiger partial charge in [0.2, 0.25) is 0 Å². The summed E-state index contributed by atoms with van der Waals surface area (Å²) in [5.74, 6) is 0. The lowest BCUT2D eigenvalue weighted by Crippen LogP contribution is -1.97. The van der Waals surface area contributed by atoms with E-state index in [1.807, 2.05) is 30.3 Å². The maximum atomic E-state index is 5.92. The molecule has 3 heteroatoms. The molecular formula is C15H13Cl2N. The minimum atomic E-state index is 0.636. The number of rotatable bonds is 4. The van der Waals surface area contributed by atoms with E-state index in [4.69, 9.17) is 23.2 Å². The highest BCUT2D eigenvalue weighted by Crippen LogP contribution is 2.22. The van der Waals surface area contributed by atoms with Crippen molar-refractivity contribution >= 4 is 35.0 Å². The van der Waals surface area contributed by atoms with Crippen LogP contribution in [0.25, 0.3) is 6.08 Å². The molecule has 0 aliphatic carbocycles. The number of hydrogen-bond donors (Lipinski definition) is 1. The number of benzene rings is 2. The first-order chi connectivity index (χ1) is 8.74. The van der Waals surface area contributed by atoms with Crippen molar-refractivity contribution in [3.05, 3.63) is 70.2 Å². The minimum Gasteiger partial charge on any atom is -0.381 e. The molecule has 0 aliphatic heterocycles. The van der Waals surface area contributed by atoms with Crippen LogP contribution < -0.4 is 5.32 Å². The van der Waals surface area contributed by atoms with Crippen LogP contribution >= 0.6 is 23.2 Å². The Hall–Kier alpha value is -1.44. The molecule has 0 aromatic heterocycles. The van der Waals surface area contributed by atoms with Gasteiger partial charge in [-0.25, -0.2) is 0 Å². The zero-order valence-corrected chi connectivity index (χ0v) is 11.2. The van der Waals surface area contributed by atoms with Gasteiger partial charge in [-0.1, -0.05) is 65.7 Å². The lowest BCUT2D eigenvalue weighted by atomic mass is 10.2. The van der Waals surface area contributed by atoms with Crippen molar-refractivity contribution in [3.63, 3.8) is 0 Å². The Kier molecular flexibility index (Phi) is 4.68. The molecule has 0 bridgehead atoms. The largest absolute Gasteiger partial charge is 0.381 e. The fourth-order valence-corrected chi connectivity index (χ4v) is 2.12.